The summed E-state index contributed by atoms with van der Waals surface area (Å²) < 4.78 is 1.98. The molecule has 2 aromatic heterocycles. The fourth-order valence-corrected chi connectivity index (χ4v) is 3.34. The second kappa shape index (κ2) is 6.05. The van der Waals surface area contributed by atoms with E-state index in [1.807, 2.05) is 47.0 Å². The number of rotatable bonds is 2. The lowest BCUT2D eigenvalue weighted by Gasteiger charge is -2.36. The van der Waals surface area contributed by atoms with Crippen LogP contribution in [0, 0.1) is 0 Å². The number of aryl methyl sites for hydroxylation is 1. The maximum absolute atomic E-state index is 13.3. The molecular formula is C18H19N5O. The van der Waals surface area contributed by atoms with Gasteiger partial charge in [0.1, 0.15) is 11.9 Å². The monoisotopic (exact) mass is 321 g/mol. The van der Waals surface area contributed by atoms with Gasteiger partial charge in [0.15, 0.2) is 0 Å². The van der Waals surface area contributed by atoms with E-state index in [1.54, 1.807) is 18.6 Å². The van der Waals surface area contributed by atoms with Gasteiger partial charge in [-0.15, -0.1) is 0 Å². The summed E-state index contributed by atoms with van der Waals surface area (Å²) in [5.74, 6) is 0.943. The summed E-state index contributed by atoms with van der Waals surface area (Å²) in [5.41, 5.74) is 0.719. The van der Waals surface area contributed by atoms with E-state index >= 15 is 0 Å². The second-order valence-corrected chi connectivity index (χ2v) is 6.02. The molecule has 0 saturated carbocycles. The van der Waals surface area contributed by atoms with Gasteiger partial charge in [0.05, 0.1) is 0 Å². The van der Waals surface area contributed by atoms with Crippen LogP contribution in [0.4, 0.5) is 0 Å². The molecule has 1 aliphatic rings. The van der Waals surface area contributed by atoms with Crippen LogP contribution in [-0.2, 0) is 7.05 Å². The third kappa shape index (κ3) is 2.45. The Kier molecular flexibility index (Phi) is 3.74. The minimum atomic E-state index is -0.0663. The van der Waals surface area contributed by atoms with E-state index in [0.29, 0.717) is 13.1 Å². The molecule has 1 aromatic carbocycles. The molecule has 4 rings (SSSR count). The molecule has 0 aliphatic carbocycles. The van der Waals surface area contributed by atoms with Crippen molar-refractivity contribution in [2.75, 3.05) is 19.6 Å². The Bertz CT molecular complexity index is 883. The van der Waals surface area contributed by atoms with E-state index in [4.69, 9.17) is 0 Å². The molecule has 6 nitrogen and oxygen atoms in total. The minimum absolute atomic E-state index is 0.0429. The third-order valence-corrected chi connectivity index (χ3v) is 4.57. The Morgan fingerprint density at radius 1 is 1.29 bits per heavy atom. The van der Waals surface area contributed by atoms with Gasteiger partial charge in [0, 0.05) is 62.4 Å². The number of nitrogens with zero attached hydrogens (tertiary/aromatic N) is 4. The SMILES string of the molecule is Cn1ccnc1C1CNCCN1C(=O)c1cccc2cnccc12. The van der Waals surface area contributed by atoms with Gasteiger partial charge < -0.3 is 14.8 Å². The van der Waals surface area contributed by atoms with E-state index in [9.17, 15) is 4.79 Å². The number of hydrogen-bond donors (Lipinski definition) is 1. The number of nitrogens with one attached hydrogen (secondary N) is 1. The number of pyridine rings is 1. The third-order valence-electron chi connectivity index (χ3n) is 4.57. The standard InChI is InChI=1S/C18H19N5O/c1-22-9-8-21-17(22)16-12-20-7-10-23(16)18(24)15-4-2-3-13-11-19-6-5-14(13)15/h2-6,8-9,11,16,20H,7,10,12H2,1H3. The van der Waals surface area contributed by atoms with Gasteiger partial charge in [0.25, 0.3) is 5.91 Å². The number of benzene rings is 1. The highest BCUT2D eigenvalue weighted by Gasteiger charge is 2.31. The highest BCUT2D eigenvalue weighted by Crippen LogP contribution is 2.25. The number of hydrogen-bond acceptors (Lipinski definition) is 4. The average Bonchev–Trinajstić information content (AvgIpc) is 3.06. The molecule has 122 valence electrons. The lowest BCUT2D eigenvalue weighted by atomic mass is 10.0. The maximum atomic E-state index is 13.3. The van der Waals surface area contributed by atoms with Crippen LogP contribution >= 0.6 is 0 Å². The summed E-state index contributed by atoms with van der Waals surface area (Å²) >= 11 is 0. The van der Waals surface area contributed by atoms with E-state index in [-0.39, 0.29) is 11.9 Å². The molecule has 1 N–H and O–H groups in total. The van der Waals surface area contributed by atoms with Crippen LogP contribution in [0.2, 0.25) is 0 Å². The summed E-state index contributed by atoms with van der Waals surface area (Å²) in [4.78, 5) is 23.8. The predicted molar refractivity (Wildman–Crippen MR) is 91.6 cm³/mol. The largest absolute Gasteiger partial charge is 0.336 e. The quantitative estimate of drug-likeness (QED) is 0.781. The van der Waals surface area contributed by atoms with Crippen molar-refractivity contribution in [2.24, 2.45) is 7.05 Å². The topological polar surface area (TPSA) is 63.1 Å². The van der Waals surface area contributed by atoms with Crippen molar-refractivity contribution in [3.05, 3.63) is 60.4 Å². The molecule has 6 heteroatoms. The zero-order valence-corrected chi connectivity index (χ0v) is 13.5. The molecule has 1 fully saturated rings. The molecule has 1 saturated heterocycles. The minimum Gasteiger partial charge on any atom is -0.336 e. The van der Waals surface area contributed by atoms with E-state index in [2.05, 4.69) is 15.3 Å². The predicted octanol–water partition coefficient (Wildman–Crippen LogP) is 1.75. The van der Waals surface area contributed by atoms with Gasteiger partial charge in [-0.3, -0.25) is 9.78 Å². The number of amides is 1. The maximum Gasteiger partial charge on any atom is 0.255 e. The molecule has 0 spiro atoms. The summed E-state index contributed by atoms with van der Waals surface area (Å²) in [5, 5.41) is 5.28. The molecule has 1 atom stereocenters. The molecule has 0 radical (unpaired) electrons. The molecule has 3 aromatic rings. The van der Waals surface area contributed by atoms with Crippen molar-refractivity contribution in [3.63, 3.8) is 0 Å². The fraction of sp³-hybridized carbons (Fsp3) is 0.278. The highest BCUT2D eigenvalue weighted by molar-refractivity contribution is 6.07. The fourth-order valence-electron chi connectivity index (χ4n) is 3.34. The van der Waals surface area contributed by atoms with E-state index in [1.165, 1.54) is 0 Å². The Balaban J connectivity index is 1.75. The number of imidazole rings is 1. The average molecular weight is 321 g/mol. The summed E-state index contributed by atoms with van der Waals surface area (Å²) in [7, 11) is 1.96. The number of carbonyl (C=O) groups is 1. The summed E-state index contributed by atoms with van der Waals surface area (Å²) in [6.45, 7) is 2.17. The number of carbonyl (C=O) groups excluding carboxylic acids is 1. The van der Waals surface area contributed by atoms with Crippen LogP contribution in [0.3, 0.4) is 0 Å². The number of piperazine rings is 1. The lowest BCUT2D eigenvalue weighted by Crippen LogP contribution is -2.49. The molecule has 1 unspecified atom stereocenters. The van der Waals surface area contributed by atoms with Gasteiger partial charge in [-0.1, -0.05) is 12.1 Å². The Labute approximate surface area is 140 Å². The Hall–Kier alpha value is -2.73. The zero-order valence-electron chi connectivity index (χ0n) is 13.5. The molecule has 1 aliphatic heterocycles. The van der Waals surface area contributed by atoms with Crippen molar-refractivity contribution in [1.82, 2.24) is 24.8 Å². The highest BCUT2D eigenvalue weighted by atomic mass is 16.2. The normalized spacial score (nSPS) is 18.0. The summed E-state index contributed by atoms with van der Waals surface area (Å²) in [6, 6.07) is 7.62. The molecule has 0 bridgehead atoms. The van der Waals surface area contributed by atoms with Crippen LogP contribution in [0.5, 0.6) is 0 Å². The van der Waals surface area contributed by atoms with Crippen molar-refractivity contribution in [2.45, 2.75) is 6.04 Å². The number of aromatic nitrogens is 3. The lowest BCUT2D eigenvalue weighted by molar-refractivity contribution is 0.0623. The summed E-state index contributed by atoms with van der Waals surface area (Å²) in [6.07, 6.45) is 7.21. The van der Waals surface area contributed by atoms with Crippen LogP contribution in [-0.4, -0.2) is 45.0 Å². The first kappa shape index (κ1) is 14.8. The first-order valence-corrected chi connectivity index (χ1v) is 8.07. The Morgan fingerprint density at radius 3 is 3.04 bits per heavy atom. The van der Waals surface area contributed by atoms with Gasteiger partial charge in [-0.25, -0.2) is 4.98 Å². The van der Waals surface area contributed by atoms with Crippen molar-refractivity contribution in [3.8, 4) is 0 Å². The molecule has 24 heavy (non-hydrogen) atoms. The zero-order chi connectivity index (χ0) is 16.5. The van der Waals surface area contributed by atoms with Crippen molar-refractivity contribution >= 4 is 16.7 Å². The van der Waals surface area contributed by atoms with E-state index in [0.717, 1.165) is 28.7 Å². The van der Waals surface area contributed by atoms with Gasteiger partial charge >= 0.3 is 0 Å². The first-order chi connectivity index (χ1) is 11.8. The van der Waals surface area contributed by atoms with Crippen LogP contribution in [0.15, 0.2) is 49.1 Å². The van der Waals surface area contributed by atoms with Crippen LogP contribution < -0.4 is 5.32 Å². The van der Waals surface area contributed by atoms with Crippen LogP contribution in [0.25, 0.3) is 10.8 Å². The smallest absolute Gasteiger partial charge is 0.255 e. The molecular weight excluding hydrogens is 302 g/mol. The molecule has 1 amide bonds. The van der Waals surface area contributed by atoms with Gasteiger partial charge in [-0.05, 0) is 17.5 Å². The van der Waals surface area contributed by atoms with E-state index < -0.39 is 0 Å². The van der Waals surface area contributed by atoms with Crippen molar-refractivity contribution in [1.29, 1.82) is 0 Å². The van der Waals surface area contributed by atoms with Gasteiger partial charge in [0.2, 0.25) is 0 Å². The first-order valence-electron chi connectivity index (χ1n) is 8.07. The Morgan fingerprint density at radius 2 is 2.21 bits per heavy atom. The van der Waals surface area contributed by atoms with Gasteiger partial charge in [-0.2, -0.15) is 0 Å². The second-order valence-electron chi connectivity index (χ2n) is 6.02. The van der Waals surface area contributed by atoms with Crippen LogP contribution in [0.1, 0.15) is 22.2 Å². The van der Waals surface area contributed by atoms with Crippen molar-refractivity contribution < 1.29 is 4.79 Å². The molecule has 3 heterocycles. The number of fused-ring (bicyclic) bond motifs is 1.